The van der Waals surface area contributed by atoms with Crippen molar-refractivity contribution in [3.05, 3.63) is 41.3 Å². The van der Waals surface area contributed by atoms with E-state index in [9.17, 15) is 0 Å². The van der Waals surface area contributed by atoms with Crippen LogP contribution in [0.5, 0.6) is 0 Å². The first-order valence-electron chi connectivity index (χ1n) is 6.83. The lowest BCUT2D eigenvalue weighted by Gasteiger charge is -2.08. The minimum atomic E-state index is 0.552. The average molecular weight is 346 g/mol. The Labute approximate surface area is 131 Å². The second kappa shape index (κ2) is 5.81. The maximum atomic E-state index is 4.44. The van der Waals surface area contributed by atoms with Crippen molar-refractivity contribution in [1.82, 2.24) is 19.7 Å². The third kappa shape index (κ3) is 2.90. The van der Waals surface area contributed by atoms with Crippen LogP contribution in [0, 0.1) is 5.92 Å². The number of nitrogens with one attached hydrogen (secondary N) is 1. The molecule has 5 nitrogen and oxygen atoms in total. The molecule has 0 saturated carbocycles. The minimum Gasteiger partial charge on any atom is -0.369 e. The summed E-state index contributed by atoms with van der Waals surface area (Å²) in [5.74, 6) is 1.38. The van der Waals surface area contributed by atoms with Crippen molar-refractivity contribution in [3.63, 3.8) is 0 Å². The Hall–Kier alpha value is -1.95. The largest absolute Gasteiger partial charge is 0.369 e. The second-order valence-corrected chi connectivity index (χ2v) is 6.18. The first-order valence-corrected chi connectivity index (χ1v) is 7.63. The molecule has 3 rings (SSSR count). The Kier molecular flexibility index (Phi) is 3.88. The van der Waals surface area contributed by atoms with Gasteiger partial charge in [0.15, 0.2) is 5.65 Å². The van der Waals surface area contributed by atoms with Crippen LogP contribution in [-0.2, 0) is 0 Å². The summed E-state index contributed by atoms with van der Waals surface area (Å²) < 4.78 is 2.86. The molecular weight excluding hydrogens is 330 g/mol. The molecule has 0 bridgehead atoms. The van der Waals surface area contributed by atoms with Crippen LogP contribution in [0.4, 0.5) is 5.82 Å². The third-order valence-corrected chi connectivity index (χ3v) is 3.64. The molecule has 0 spiro atoms. The van der Waals surface area contributed by atoms with E-state index < -0.39 is 0 Å². The maximum absolute atomic E-state index is 4.44. The van der Waals surface area contributed by atoms with Gasteiger partial charge in [-0.2, -0.15) is 5.10 Å². The molecule has 21 heavy (non-hydrogen) atoms. The lowest BCUT2D eigenvalue weighted by Crippen LogP contribution is -2.09. The first kappa shape index (κ1) is 14.0. The minimum absolute atomic E-state index is 0.552. The van der Waals surface area contributed by atoms with Gasteiger partial charge >= 0.3 is 0 Å². The summed E-state index contributed by atoms with van der Waals surface area (Å²) in [5.41, 5.74) is 1.78. The van der Waals surface area contributed by atoms with Gasteiger partial charge in [0.1, 0.15) is 12.1 Å². The summed E-state index contributed by atoms with van der Waals surface area (Å²) in [6.07, 6.45) is 3.38. The monoisotopic (exact) mass is 345 g/mol. The number of fused-ring (bicyclic) bond motifs is 1. The van der Waals surface area contributed by atoms with Gasteiger partial charge in [-0.15, -0.1) is 0 Å². The highest BCUT2D eigenvalue weighted by molar-refractivity contribution is 9.10. The van der Waals surface area contributed by atoms with Crippen LogP contribution in [0.3, 0.4) is 0 Å². The first-order chi connectivity index (χ1) is 10.1. The molecule has 0 aliphatic carbocycles. The fourth-order valence-electron chi connectivity index (χ4n) is 2.06. The Balaban J connectivity index is 2.02. The number of aromatic nitrogens is 4. The Morgan fingerprint density at radius 1 is 1.19 bits per heavy atom. The Bertz CT molecular complexity index is 748. The summed E-state index contributed by atoms with van der Waals surface area (Å²) in [5, 5.41) is 8.72. The highest BCUT2D eigenvalue weighted by atomic mass is 79.9. The average Bonchev–Trinajstić information content (AvgIpc) is 2.90. The van der Waals surface area contributed by atoms with E-state index in [0.717, 1.165) is 33.6 Å². The fraction of sp³-hybridized carbons (Fsp3) is 0.267. The number of anilines is 1. The molecule has 0 saturated heterocycles. The molecule has 0 aliphatic rings. The van der Waals surface area contributed by atoms with Crippen LogP contribution in [-0.4, -0.2) is 26.3 Å². The van der Waals surface area contributed by atoms with Crippen molar-refractivity contribution < 1.29 is 0 Å². The van der Waals surface area contributed by atoms with E-state index >= 15 is 0 Å². The van der Waals surface area contributed by atoms with E-state index in [2.05, 4.69) is 50.2 Å². The summed E-state index contributed by atoms with van der Waals surface area (Å²) in [6, 6.07) is 7.98. The molecule has 2 heterocycles. The lowest BCUT2D eigenvalue weighted by atomic mass is 10.2. The van der Waals surface area contributed by atoms with Gasteiger partial charge in [0, 0.05) is 11.0 Å². The van der Waals surface area contributed by atoms with Crippen molar-refractivity contribution in [2.75, 3.05) is 11.9 Å². The van der Waals surface area contributed by atoms with Crippen LogP contribution >= 0.6 is 15.9 Å². The third-order valence-electron chi connectivity index (χ3n) is 3.11. The maximum Gasteiger partial charge on any atom is 0.168 e. The zero-order valence-corrected chi connectivity index (χ0v) is 13.5. The number of benzene rings is 1. The van der Waals surface area contributed by atoms with Crippen LogP contribution in [0.1, 0.15) is 13.8 Å². The molecule has 2 aromatic heterocycles. The predicted octanol–water partition coefficient (Wildman–Crippen LogP) is 3.65. The molecule has 0 radical (unpaired) electrons. The van der Waals surface area contributed by atoms with Gasteiger partial charge in [-0.05, 0) is 30.2 Å². The SMILES string of the molecule is CC(C)CNc1ncnc2c1cnn2-c1ccc(Br)cc1. The quantitative estimate of drug-likeness (QED) is 0.784. The van der Waals surface area contributed by atoms with E-state index in [1.807, 2.05) is 28.9 Å². The summed E-state index contributed by atoms with van der Waals surface area (Å²) in [7, 11) is 0. The normalized spacial score (nSPS) is 11.2. The topological polar surface area (TPSA) is 55.6 Å². The molecule has 0 fully saturated rings. The molecule has 0 atom stereocenters. The number of halogens is 1. The number of nitrogens with zero attached hydrogens (tertiary/aromatic N) is 4. The number of hydrogen-bond acceptors (Lipinski definition) is 4. The molecule has 6 heteroatoms. The molecule has 0 amide bonds. The molecule has 3 aromatic rings. The van der Waals surface area contributed by atoms with E-state index in [4.69, 9.17) is 0 Å². The molecular formula is C15H16BrN5. The zero-order valence-electron chi connectivity index (χ0n) is 11.9. The van der Waals surface area contributed by atoms with E-state index in [1.165, 1.54) is 0 Å². The second-order valence-electron chi connectivity index (χ2n) is 5.27. The highest BCUT2D eigenvalue weighted by Crippen LogP contribution is 2.22. The van der Waals surface area contributed by atoms with Crippen LogP contribution < -0.4 is 5.32 Å². The van der Waals surface area contributed by atoms with Crippen LogP contribution in [0.15, 0.2) is 41.3 Å². The predicted molar refractivity (Wildman–Crippen MR) is 87.7 cm³/mol. The van der Waals surface area contributed by atoms with Crippen molar-refractivity contribution in [2.45, 2.75) is 13.8 Å². The number of rotatable bonds is 4. The lowest BCUT2D eigenvalue weighted by molar-refractivity contribution is 0.687. The van der Waals surface area contributed by atoms with Gasteiger partial charge in [0.25, 0.3) is 0 Å². The van der Waals surface area contributed by atoms with E-state index in [1.54, 1.807) is 12.5 Å². The van der Waals surface area contributed by atoms with Gasteiger partial charge in [0.05, 0.1) is 17.3 Å². The van der Waals surface area contributed by atoms with Gasteiger partial charge in [-0.3, -0.25) is 0 Å². The smallest absolute Gasteiger partial charge is 0.168 e. The van der Waals surface area contributed by atoms with Gasteiger partial charge < -0.3 is 5.32 Å². The molecule has 0 aliphatic heterocycles. The van der Waals surface area contributed by atoms with Crippen LogP contribution in [0.25, 0.3) is 16.7 Å². The van der Waals surface area contributed by atoms with Gasteiger partial charge in [-0.25, -0.2) is 14.6 Å². The summed E-state index contributed by atoms with van der Waals surface area (Å²) in [6.45, 7) is 5.20. The van der Waals surface area contributed by atoms with Crippen molar-refractivity contribution in [3.8, 4) is 5.69 Å². The Morgan fingerprint density at radius 2 is 1.95 bits per heavy atom. The van der Waals surface area contributed by atoms with E-state index in [0.29, 0.717) is 5.92 Å². The summed E-state index contributed by atoms with van der Waals surface area (Å²) in [4.78, 5) is 8.68. The zero-order chi connectivity index (χ0) is 14.8. The van der Waals surface area contributed by atoms with Crippen molar-refractivity contribution >= 4 is 32.8 Å². The molecule has 1 aromatic carbocycles. The molecule has 108 valence electrons. The standard InChI is InChI=1S/C15H16BrN5/c1-10(2)7-17-14-13-8-20-21(15(13)19-9-18-14)12-5-3-11(16)4-6-12/h3-6,8-10H,7H2,1-2H3,(H,17,18,19). The molecule has 1 N–H and O–H groups in total. The Morgan fingerprint density at radius 3 is 2.67 bits per heavy atom. The van der Waals surface area contributed by atoms with Crippen molar-refractivity contribution in [2.24, 2.45) is 5.92 Å². The van der Waals surface area contributed by atoms with Crippen LogP contribution in [0.2, 0.25) is 0 Å². The number of hydrogen-bond donors (Lipinski definition) is 1. The summed E-state index contributed by atoms with van der Waals surface area (Å²) >= 11 is 3.44. The fourth-order valence-corrected chi connectivity index (χ4v) is 2.32. The van der Waals surface area contributed by atoms with Gasteiger partial charge in [-0.1, -0.05) is 29.8 Å². The molecule has 0 unspecified atom stereocenters. The van der Waals surface area contributed by atoms with Gasteiger partial charge in [0.2, 0.25) is 0 Å². The van der Waals surface area contributed by atoms with Crippen molar-refractivity contribution in [1.29, 1.82) is 0 Å². The van der Waals surface area contributed by atoms with E-state index in [-0.39, 0.29) is 0 Å². The highest BCUT2D eigenvalue weighted by Gasteiger charge is 2.11.